The number of hydrogen-bond donors (Lipinski definition) is 0. The van der Waals surface area contributed by atoms with Crippen LogP contribution in [0.3, 0.4) is 0 Å². The fourth-order valence-electron chi connectivity index (χ4n) is 2.13. The Morgan fingerprint density at radius 3 is 2.25 bits per heavy atom. The highest BCUT2D eigenvalue weighted by Crippen LogP contribution is 2.21. The molecule has 0 saturated carbocycles. The summed E-state index contributed by atoms with van der Waals surface area (Å²) >= 11 is 6.73. The number of halogens is 4. The van der Waals surface area contributed by atoms with Crippen LogP contribution < -0.4 is 0 Å². The maximum atomic E-state index is 13.8. The monoisotopic (exact) mass is 402 g/mol. The van der Waals surface area contributed by atoms with Crippen LogP contribution in [-0.4, -0.2) is 5.33 Å². The van der Waals surface area contributed by atoms with Crippen LogP contribution in [0.15, 0.2) is 46.9 Å². The maximum Gasteiger partial charge on any atom is 0.127 e. The summed E-state index contributed by atoms with van der Waals surface area (Å²) in [5.41, 5.74) is 1.77. The smallest absolute Gasteiger partial charge is 0.127 e. The van der Waals surface area contributed by atoms with Crippen LogP contribution in [0.4, 0.5) is 8.78 Å². The van der Waals surface area contributed by atoms with Crippen molar-refractivity contribution in [3.05, 3.63) is 69.7 Å². The van der Waals surface area contributed by atoms with Gasteiger partial charge in [0.25, 0.3) is 0 Å². The van der Waals surface area contributed by atoms with Crippen molar-refractivity contribution in [1.82, 2.24) is 0 Å². The van der Waals surface area contributed by atoms with Crippen LogP contribution in [0, 0.1) is 17.6 Å². The lowest BCUT2D eigenvalue weighted by atomic mass is 9.94. The lowest BCUT2D eigenvalue weighted by molar-refractivity contribution is 0.549. The van der Waals surface area contributed by atoms with Crippen LogP contribution in [0.5, 0.6) is 0 Å². The topological polar surface area (TPSA) is 0 Å². The van der Waals surface area contributed by atoms with E-state index in [4.69, 9.17) is 0 Å². The molecule has 2 rings (SSSR count). The Morgan fingerprint density at radius 1 is 0.950 bits per heavy atom. The van der Waals surface area contributed by atoms with Crippen LogP contribution >= 0.6 is 31.9 Å². The van der Waals surface area contributed by atoms with Gasteiger partial charge in [-0.25, -0.2) is 8.78 Å². The second-order valence-corrected chi connectivity index (χ2v) is 6.35. The summed E-state index contributed by atoms with van der Waals surface area (Å²) in [6, 6.07) is 11.6. The summed E-state index contributed by atoms with van der Waals surface area (Å²) in [7, 11) is 0. The quantitative estimate of drug-likeness (QED) is 0.576. The van der Waals surface area contributed by atoms with Gasteiger partial charge in [0.1, 0.15) is 11.6 Å². The SMILES string of the molecule is Fc1ccc(CC(CBr)Cc2ccc(Br)cc2F)cc1. The summed E-state index contributed by atoms with van der Waals surface area (Å²) in [5.74, 6) is -0.149. The number of rotatable bonds is 5. The normalized spacial score (nSPS) is 12.4. The lowest BCUT2D eigenvalue weighted by Gasteiger charge is -2.15. The zero-order chi connectivity index (χ0) is 14.5. The predicted molar refractivity (Wildman–Crippen MR) is 85.2 cm³/mol. The van der Waals surface area contributed by atoms with Gasteiger partial charge in [0, 0.05) is 9.80 Å². The predicted octanol–water partition coefficient (Wildman–Crippen LogP) is 5.52. The third-order valence-corrected chi connectivity index (χ3v) is 4.59. The fraction of sp³-hybridized carbons (Fsp3) is 0.250. The van der Waals surface area contributed by atoms with Gasteiger partial charge >= 0.3 is 0 Å². The molecule has 0 aliphatic rings. The Balaban J connectivity index is 2.07. The van der Waals surface area contributed by atoms with Gasteiger partial charge in [-0.2, -0.15) is 0 Å². The molecule has 106 valence electrons. The van der Waals surface area contributed by atoms with Gasteiger partial charge in [-0.15, -0.1) is 0 Å². The molecular formula is C16H14Br2F2. The third kappa shape index (κ3) is 4.38. The minimum atomic E-state index is -0.233. The minimum absolute atomic E-state index is 0.190. The summed E-state index contributed by atoms with van der Waals surface area (Å²) < 4.78 is 27.5. The first-order chi connectivity index (χ1) is 9.58. The third-order valence-electron chi connectivity index (χ3n) is 3.18. The molecular weight excluding hydrogens is 390 g/mol. The van der Waals surface area contributed by atoms with Crippen molar-refractivity contribution in [3.8, 4) is 0 Å². The highest BCUT2D eigenvalue weighted by molar-refractivity contribution is 9.10. The van der Waals surface area contributed by atoms with Gasteiger partial charge in [0.2, 0.25) is 0 Å². The molecule has 0 saturated heterocycles. The second kappa shape index (κ2) is 7.32. The highest BCUT2D eigenvalue weighted by Gasteiger charge is 2.12. The van der Waals surface area contributed by atoms with E-state index in [2.05, 4.69) is 31.9 Å². The molecule has 0 spiro atoms. The molecule has 20 heavy (non-hydrogen) atoms. The number of hydrogen-bond acceptors (Lipinski definition) is 0. The van der Waals surface area contributed by atoms with Gasteiger partial charge in [0.05, 0.1) is 0 Å². The molecule has 0 aromatic heterocycles. The maximum absolute atomic E-state index is 13.8. The molecule has 4 heteroatoms. The van der Waals surface area contributed by atoms with E-state index in [0.29, 0.717) is 12.0 Å². The lowest BCUT2D eigenvalue weighted by Crippen LogP contribution is -2.11. The summed E-state index contributed by atoms with van der Waals surface area (Å²) in [6.07, 6.45) is 1.45. The molecule has 2 aromatic rings. The Morgan fingerprint density at radius 2 is 1.65 bits per heavy atom. The van der Waals surface area contributed by atoms with E-state index in [1.165, 1.54) is 18.2 Å². The summed E-state index contributed by atoms with van der Waals surface area (Å²) in [4.78, 5) is 0. The standard InChI is InChI=1S/C16H14Br2F2/c17-10-12(7-11-1-5-15(19)6-2-11)8-13-3-4-14(18)9-16(13)20/h1-6,9,12H,7-8,10H2. The van der Waals surface area contributed by atoms with Gasteiger partial charge in [0.15, 0.2) is 0 Å². The van der Waals surface area contributed by atoms with Crippen molar-refractivity contribution in [1.29, 1.82) is 0 Å². The van der Waals surface area contributed by atoms with Gasteiger partial charge in [-0.05, 0) is 54.2 Å². The van der Waals surface area contributed by atoms with Crippen molar-refractivity contribution in [2.45, 2.75) is 12.8 Å². The molecule has 0 fully saturated rings. The van der Waals surface area contributed by atoms with Crippen molar-refractivity contribution in [2.75, 3.05) is 5.33 Å². The summed E-state index contributed by atoms with van der Waals surface area (Å²) in [6.45, 7) is 0. The van der Waals surface area contributed by atoms with Gasteiger partial charge in [-0.1, -0.05) is 50.1 Å². The number of alkyl halides is 1. The minimum Gasteiger partial charge on any atom is -0.207 e. The molecule has 1 atom stereocenters. The van der Waals surface area contributed by atoms with Crippen molar-refractivity contribution >= 4 is 31.9 Å². The van der Waals surface area contributed by atoms with Crippen LogP contribution in [0.1, 0.15) is 11.1 Å². The Kier molecular flexibility index (Phi) is 5.73. The van der Waals surface area contributed by atoms with E-state index >= 15 is 0 Å². The zero-order valence-corrected chi connectivity index (χ0v) is 13.9. The first-order valence-electron chi connectivity index (χ1n) is 6.33. The molecule has 1 unspecified atom stereocenters. The van der Waals surface area contributed by atoms with Crippen LogP contribution in [0.2, 0.25) is 0 Å². The van der Waals surface area contributed by atoms with E-state index in [1.54, 1.807) is 18.2 Å². The average Bonchev–Trinajstić information content (AvgIpc) is 2.43. The zero-order valence-electron chi connectivity index (χ0n) is 10.8. The Labute approximate surface area is 134 Å². The molecule has 0 bridgehead atoms. The molecule has 0 heterocycles. The van der Waals surface area contributed by atoms with E-state index in [0.717, 1.165) is 21.8 Å². The molecule has 0 amide bonds. The fourth-order valence-corrected chi connectivity index (χ4v) is 2.92. The summed E-state index contributed by atoms with van der Waals surface area (Å²) in [5, 5.41) is 0.778. The van der Waals surface area contributed by atoms with E-state index in [-0.39, 0.29) is 17.6 Å². The van der Waals surface area contributed by atoms with Crippen molar-refractivity contribution in [3.63, 3.8) is 0 Å². The van der Waals surface area contributed by atoms with Gasteiger partial charge < -0.3 is 0 Å². The van der Waals surface area contributed by atoms with Crippen molar-refractivity contribution < 1.29 is 8.78 Å². The van der Waals surface area contributed by atoms with Gasteiger partial charge in [-0.3, -0.25) is 0 Å². The van der Waals surface area contributed by atoms with Crippen molar-refractivity contribution in [2.24, 2.45) is 5.92 Å². The van der Waals surface area contributed by atoms with Crippen LogP contribution in [0.25, 0.3) is 0 Å². The molecule has 2 aromatic carbocycles. The number of benzene rings is 2. The second-order valence-electron chi connectivity index (χ2n) is 4.79. The first-order valence-corrected chi connectivity index (χ1v) is 8.24. The Hall–Kier alpha value is -0.740. The van der Waals surface area contributed by atoms with Crippen LogP contribution in [-0.2, 0) is 12.8 Å². The highest BCUT2D eigenvalue weighted by atomic mass is 79.9. The Bertz CT molecular complexity index is 567. The molecule has 0 aliphatic carbocycles. The molecule has 0 nitrogen and oxygen atoms in total. The van der Waals surface area contributed by atoms with E-state index < -0.39 is 0 Å². The first kappa shape index (κ1) is 15.6. The average molecular weight is 404 g/mol. The molecule has 0 radical (unpaired) electrons. The van der Waals surface area contributed by atoms with E-state index in [1.807, 2.05) is 6.07 Å². The largest absolute Gasteiger partial charge is 0.207 e. The molecule has 0 N–H and O–H groups in total. The van der Waals surface area contributed by atoms with E-state index in [9.17, 15) is 8.78 Å². The molecule has 0 aliphatic heterocycles.